The Hall–Kier alpha value is -1.59. The minimum absolute atomic E-state index is 0.190. The summed E-state index contributed by atoms with van der Waals surface area (Å²) in [5, 5.41) is 4.14. The molecule has 1 aromatic heterocycles. The molecular formula is C16H21N3OS. The Balaban J connectivity index is 2.12. The number of ether oxygens (including phenoxy) is 1. The summed E-state index contributed by atoms with van der Waals surface area (Å²) in [6.45, 7) is 4.08. The van der Waals surface area contributed by atoms with Gasteiger partial charge in [-0.1, -0.05) is 29.5 Å². The van der Waals surface area contributed by atoms with Gasteiger partial charge in [0.15, 0.2) is 5.16 Å². The molecule has 21 heavy (non-hydrogen) atoms. The highest BCUT2D eigenvalue weighted by atomic mass is 32.2. The molecule has 1 unspecified atom stereocenters. The predicted molar refractivity (Wildman–Crippen MR) is 87.0 cm³/mol. The Bertz CT molecular complexity index is 587. The summed E-state index contributed by atoms with van der Waals surface area (Å²) in [4.78, 5) is 8.66. The van der Waals surface area contributed by atoms with Gasteiger partial charge in [-0.25, -0.2) is 9.97 Å². The Morgan fingerprint density at radius 3 is 2.52 bits per heavy atom. The summed E-state index contributed by atoms with van der Waals surface area (Å²) in [5.41, 5.74) is 3.46. The van der Waals surface area contributed by atoms with Crippen LogP contribution in [0.15, 0.2) is 35.7 Å². The van der Waals surface area contributed by atoms with E-state index in [4.69, 9.17) is 4.74 Å². The molecule has 0 aliphatic rings. The molecule has 0 amide bonds. The second kappa shape index (κ2) is 7.43. The molecule has 5 heteroatoms. The molecule has 0 saturated heterocycles. The Morgan fingerprint density at radius 2 is 1.90 bits per heavy atom. The Labute approximate surface area is 130 Å². The van der Waals surface area contributed by atoms with Gasteiger partial charge in [0.05, 0.1) is 7.11 Å². The lowest BCUT2D eigenvalue weighted by Gasteiger charge is -2.19. The Kier molecular flexibility index (Phi) is 5.59. The maximum Gasteiger partial charge on any atom is 0.187 e. The minimum atomic E-state index is 0.190. The van der Waals surface area contributed by atoms with Crippen molar-refractivity contribution in [3.05, 3.63) is 47.3 Å². The summed E-state index contributed by atoms with van der Waals surface area (Å²) in [6, 6.07) is 6.43. The van der Waals surface area contributed by atoms with Crippen molar-refractivity contribution in [2.75, 3.05) is 19.9 Å². The molecule has 1 aromatic carbocycles. The second-order valence-corrected chi connectivity index (χ2v) is 5.93. The van der Waals surface area contributed by atoms with Crippen LogP contribution in [-0.4, -0.2) is 29.9 Å². The van der Waals surface area contributed by atoms with Crippen LogP contribution in [0.25, 0.3) is 0 Å². The van der Waals surface area contributed by atoms with Gasteiger partial charge in [-0.15, -0.1) is 0 Å². The molecule has 0 spiro atoms. The molecule has 0 saturated carbocycles. The highest BCUT2D eigenvalue weighted by Gasteiger charge is 2.15. The molecule has 0 fully saturated rings. The van der Waals surface area contributed by atoms with E-state index in [0.717, 1.165) is 22.2 Å². The highest BCUT2D eigenvalue weighted by molar-refractivity contribution is 7.99. The number of nitrogens with one attached hydrogen (secondary N) is 1. The molecule has 4 nitrogen and oxygen atoms in total. The summed E-state index contributed by atoms with van der Waals surface area (Å²) in [6.07, 6.45) is 3.69. The molecule has 0 bridgehead atoms. The third kappa shape index (κ3) is 4.19. The maximum absolute atomic E-state index is 5.47. The van der Waals surface area contributed by atoms with Gasteiger partial charge < -0.3 is 10.1 Å². The van der Waals surface area contributed by atoms with Gasteiger partial charge in [0, 0.05) is 29.8 Å². The molecule has 0 aliphatic carbocycles. The van der Waals surface area contributed by atoms with Crippen LogP contribution in [0.5, 0.6) is 5.75 Å². The fourth-order valence-corrected chi connectivity index (χ4v) is 2.98. The zero-order chi connectivity index (χ0) is 15.2. The van der Waals surface area contributed by atoms with E-state index in [1.54, 1.807) is 18.9 Å². The van der Waals surface area contributed by atoms with Crippen LogP contribution in [0.4, 0.5) is 0 Å². The molecule has 0 aliphatic heterocycles. The van der Waals surface area contributed by atoms with Gasteiger partial charge in [-0.05, 0) is 32.5 Å². The molecule has 2 rings (SSSR count). The first-order valence-corrected chi connectivity index (χ1v) is 7.86. The first-order valence-electron chi connectivity index (χ1n) is 6.87. The van der Waals surface area contributed by atoms with Crippen LogP contribution in [0.1, 0.15) is 22.7 Å². The maximum atomic E-state index is 5.47. The van der Waals surface area contributed by atoms with E-state index in [2.05, 4.69) is 34.3 Å². The van der Waals surface area contributed by atoms with Crippen molar-refractivity contribution in [1.82, 2.24) is 15.3 Å². The fraction of sp³-hybridized carbons (Fsp3) is 0.375. The number of hydrogen-bond donors (Lipinski definition) is 1. The summed E-state index contributed by atoms with van der Waals surface area (Å²) in [7, 11) is 3.67. The predicted octanol–water partition coefficient (Wildman–Crippen LogP) is 3.15. The monoisotopic (exact) mass is 303 g/mol. The minimum Gasteiger partial charge on any atom is -0.496 e. The van der Waals surface area contributed by atoms with Crippen molar-refractivity contribution in [3.8, 4) is 5.75 Å². The van der Waals surface area contributed by atoms with Gasteiger partial charge >= 0.3 is 0 Å². The van der Waals surface area contributed by atoms with Gasteiger partial charge in [0.2, 0.25) is 0 Å². The number of aryl methyl sites for hydroxylation is 2. The van der Waals surface area contributed by atoms with E-state index in [1.807, 2.05) is 32.4 Å². The van der Waals surface area contributed by atoms with E-state index < -0.39 is 0 Å². The smallest absolute Gasteiger partial charge is 0.187 e. The van der Waals surface area contributed by atoms with Crippen LogP contribution in [0.3, 0.4) is 0 Å². The standard InChI is InChI=1S/C16H21N3OS/c1-11-5-6-15(20-4)13(7-11)14(17-3)10-21-16-18-8-12(2)9-19-16/h5-9,14,17H,10H2,1-4H3. The van der Waals surface area contributed by atoms with Crippen LogP contribution < -0.4 is 10.1 Å². The molecule has 1 N–H and O–H groups in total. The van der Waals surface area contributed by atoms with Crippen molar-refractivity contribution in [1.29, 1.82) is 0 Å². The largest absolute Gasteiger partial charge is 0.496 e. The summed E-state index contributed by atoms with van der Waals surface area (Å²) < 4.78 is 5.47. The van der Waals surface area contributed by atoms with Gasteiger partial charge in [0.25, 0.3) is 0 Å². The lowest BCUT2D eigenvalue weighted by molar-refractivity contribution is 0.404. The van der Waals surface area contributed by atoms with Crippen LogP contribution in [-0.2, 0) is 0 Å². The van der Waals surface area contributed by atoms with Crippen molar-refractivity contribution in [2.24, 2.45) is 0 Å². The van der Waals surface area contributed by atoms with E-state index in [0.29, 0.717) is 0 Å². The topological polar surface area (TPSA) is 47.0 Å². The van der Waals surface area contributed by atoms with E-state index in [1.165, 1.54) is 11.1 Å². The van der Waals surface area contributed by atoms with E-state index in [-0.39, 0.29) is 6.04 Å². The normalized spacial score (nSPS) is 12.2. The summed E-state index contributed by atoms with van der Waals surface area (Å²) >= 11 is 1.64. The SMILES string of the molecule is CNC(CSc1ncc(C)cn1)c1cc(C)ccc1OC. The first-order chi connectivity index (χ1) is 10.1. The number of thioether (sulfide) groups is 1. The van der Waals surface area contributed by atoms with Gasteiger partial charge in [-0.2, -0.15) is 0 Å². The Morgan fingerprint density at radius 1 is 1.19 bits per heavy atom. The number of benzene rings is 1. The number of aromatic nitrogens is 2. The molecule has 1 heterocycles. The summed E-state index contributed by atoms with van der Waals surface area (Å²) in [5.74, 6) is 1.75. The van der Waals surface area contributed by atoms with Crippen molar-refractivity contribution in [2.45, 2.75) is 25.0 Å². The third-order valence-corrected chi connectivity index (χ3v) is 4.21. The average Bonchev–Trinajstić information content (AvgIpc) is 2.50. The number of hydrogen-bond acceptors (Lipinski definition) is 5. The highest BCUT2D eigenvalue weighted by Crippen LogP contribution is 2.29. The zero-order valence-electron chi connectivity index (χ0n) is 12.9. The van der Waals surface area contributed by atoms with Gasteiger partial charge in [0.1, 0.15) is 5.75 Å². The fourth-order valence-electron chi connectivity index (χ4n) is 2.07. The average molecular weight is 303 g/mol. The molecule has 112 valence electrons. The number of methoxy groups -OCH3 is 1. The van der Waals surface area contributed by atoms with Crippen molar-refractivity contribution < 1.29 is 4.74 Å². The van der Waals surface area contributed by atoms with Crippen LogP contribution in [0.2, 0.25) is 0 Å². The van der Waals surface area contributed by atoms with Gasteiger partial charge in [-0.3, -0.25) is 0 Å². The number of rotatable bonds is 6. The second-order valence-electron chi connectivity index (χ2n) is 4.94. The first kappa shape index (κ1) is 15.8. The zero-order valence-corrected chi connectivity index (χ0v) is 13.7. The lowest BCUT2D eigenvalue weighted by Crippen LogP contribution is -2.19. The lowest BCUT2D eigenvalue weighted by atomic mass is 10.0. The van der Waals surface area contributed by atoms with Crippen molar-refractivity contribution in [3.63, 3.8) is 0 Å². The van der Waals surface area contributed by atoms with E-state index >= 15 is 0 Å². The van der Waals surface area contributed by atoms with Crippen LogP contribution in [0, 0.1) is 13.8 Å². The van der Waals surface area contributed by atoms with Crippen LogP contribution >= 0.6 is 11.8 Å². The molecule has 0 radical (unpaired) electrons. The molecule has 1 atom stereocenters. The molecule has 2 aromatic rings. The molecular weight excluding hydrogens is 282 g/mol. The quantitative estimate of drug-likeness (QED) is 0.656. The number of nitrogens with zero attached hydrogens (tertiary/aromatic N) is 2. The van der Waals surface area contributed by atoms with E-state index in [9.17, 15) is 0 Å². The third-order valence-electron chi connectivity index (χ3n) is 3.25. The van der Waals surface area contributed by atoms with Crippen molar-refractivity contribution >= 4 is 11.8 Å².